The van der Waals surface area contributed by atoms with E-state index < -0.39 is 18.2 Å². The van der Waals surface area contributed by atoms with E-state index in [1.165, 1.54) is 11.8 Å². The second-order valence-electron chi connectivity index (χ2n) is 4.15. The summed E-state index contributed by atoms with van der Waals surface area (Å²) in [6, 6.07) is 1.59. The number of hydrogen-bond acceptors (Lipinski definition) is 6. The lowest BCUT2D eigenvalue weighted by molar-refractivity contribution is 0.0386. The summed E-state index contributed by atoms with van der Waals surface area (Å²) in [5.41, 5.74) is 0.376. The Balaban J connectivity index is 2.21. The summed E-state index contributed by atoms with van der Waals surface area (Å²) < 4.78 is 10.4. The van der Waals surface area contributed by atoms with Gasteiger partial charge in [-0.25, -0.2) is 4.79 Å². The third-order valence-electron chi connectivity index (χ3n) is 2.86. The number of furan rings is 1. The largest absolute Gasteiger partial charge is 0.464 e. The van der Waals surface area contributed by atoms with Crippen LogP contribution in [0, 0.1) is 6.92 Å². The van der Waals surface area contributed by atoms with E-state index in [4.69, 9.17) is 9.15 Å². The predicted molar refractivity (Wildman–Crippen MR) is 66.6 cm³/mol. The first-order chi connectivity index (χ1) is 8.54. The highest BCUT2D eigenvalue weighted by Crippen LogP contribution is 2.41. The molecule has 1 saturated heterocycles. The van der Waals surface area contributed by atoms with E-state index in [9.17, 15) is 15.0 Å². The van der Waals surface area contributed by atoms with Crippen molar-refractivity contribution in [3.8, 4) is 0 Å². The molecular weight excluding hydrogens is 256 g/mol. The Hall–Kier alpha value is -0.980. The predicted octanol–water partition coefficient (Wildman–Crippen LogP) is 1.27. The third-order valence-corrected chi connectivity index (χ3v) is 4.27. The minimum Gasteiger partial charge on any atom is -0.464 e. The number of ether oxygens (including phenoxy) is 1. The lowest BCUT2D eigenvalue weighted by Gasteiger charge is -2.12. The number of aryl methyl sites for hydroxylation is 1. The molecule has 0 unspecified atom stereocenters. The number of carbonyl (C=O) groups excluding carboxylic acids is 1. The quantitative estimate of drug-likeness (QED) is 0.807. The van der Waals surface area contributed by atoms with Crippen molar-refractivity contribution in [3.63, 3.8) is 0 Å². The summed E-state index contributed by atoms with van der Waals surface area (Å²) in [5.74, 6) is 1.01. The third kappa shape index (κ3) is 2.41. The molecule has 0 amide bonds. The fourth-order valence-corrected chi connectivity index (χ4v) is 3.17. The monoisotopic (exact) mass is 272 g/mol. The number of carbonyl (C=O) groups is 1. The van der Waals surface area contributed by atoms with Gasteiger partial charge in [0.05, 0.1) is 24.1 Å². The van der Waals surface area contributed by atoms with Crippen molar-refractivity contribution in [2.45, 2.75) is 31.3 Å². The van der Waals surface area contributed by atoms with Gasteiger partial charge in [0.1, 0.15) is 17.1 Å². The average Bonchev–Trinajstić information content (AvgIpc) is 2.85. The molecule has 1 aromatic rings. The topological polar surface area (TPSA) is 79.9 Å². The number of esters is 1. The second-order valence-corrected chi connectivity index (χ2v) is 5.33. The first-order valence-corrected chi connectivity index (χ1v) is 6.84. The van der Waals surface area contributed by atoms with Crippen LogP contribution in [0.4, 0.5) is 0 Å². The van der Waals surface area contributed by atoms with Crippen LogP contribution in [-0.2, 0) is 4.74 Å². The number of hydrogen-bond donors (Lipinski definition) is 2. The van der Waals surface area contributed by atoms with E-state index in [0.717, 1.165) is 0 Å². The zero-order valence-corrected chi connectivity index (χ0v) is 11.1. The zero-order valence-electron chi connectivity index (χ0n) is 10.3. The normalized spacial score (nSPS) is 27.4. The minimum absolute atomic E-state index is 0.304. The SMILES string of the molecule is CCOC(=O)c1cc([C@@H]2SC[C@@H](O)[C@H]2O)oc1C. The molecule has 1 aliphatic heterocycles. The zero-order chi connectivity index (χ0) is 13.3. The standard InChI is InChI=1S/C12H16O5S/c1-3-16-12(15)7-4-9(17-6(7)2)11-10(14)8(13)5-18-11/h4,8,10-11,13-14H,3,5H2,1-2H3/t8-,10-,11+/m1/s1. The van der Waals surface area contributed by atoms with E-state index in [1.807, 2.05) is 0 Å². The molecule has 0 spiro atoms. The molecule has 5 nitrogen and oxygen atoms in total. The molecule has 2 N–H and O–H groups in total. The van der Waals surface area contributed by atoms with Crippen LogP contribution in [-0.4, -0.2) is 40.8 Å². The Morgan fingerprint density at radius 1 is 1.61 bits per heavy atom. The fourth-order valence-electron chi connectivity index (χ4n) is 1.91. The molecule has 6 heteroatoms. The lowest BCUT2D eigenvalue weighted by Crippen LogP contribution is -2.24. The van der Waals surface area contributed by atoms with Crippen LogP contribution in [0.25, 0.3) is 0 Å². The van der Waals surface area contributed by atoms with Gasteiger partial charge in [-0.05, 0) is 19.9 Å². The molecule has 2 heterocycles. The van der Waals surface area contributed by atoms with Crippen LogP contribution < -0.4 is 0 Å². The van der Waals surface area contributed by atoms with Crippen molar-refractivity contribution >= 4 is 17.7 Å². The molecule has 1 aromatic heterocycles. The Labute approximate surface area is 109 Å². The molecule has 1 aliphatic rings. The summed E-state index contributed by atoms with van der Waals surface area (Å²) in [6.07, 6.45) is -1.62. The number of thioether (sulfide) groups is 1. The maximum Gasteiger partial charge on any atom is 0.341 e. The molecule has 0 radical (unpaired) electrons. The molecular formula is C12H16O5S. The maximum atomic E-state index is 11.6. The van der Waals surface area contributed by atoms with Crippen molar-refractivity contribution in [2.75, 3.05) is 12.4 Å². The van der Waals surface area contributed by atoms with Crippen molar-refractivity contribution in [3.05, 3.63) is 23.2 Å². The van der Waals surface area contributed by atoms with E-state index in [0.29, 0.717) is 29.4 Å². The Morgan fingerprint density at radius 2 is 2.33 bits per heavy atom. The van der Waals surface area contributed by atoms with Crippen molar-refractivity contribution in [2.24, 2.45) is 0 Å². The van der Waals surface area contributed by atoms with Gasteiger partial charge in [0.15, 0.2) is 0 Å². The Bertz CT molecular complexity index is 442. The molecule has 0 bridgehead atoms. The molecule has 18 heavy (non-hydrogen) atoms. The van der Waals surface area contributed by atoms with Crippen LogP contribution >= 0.6 is 11.8 Å². The Kier molecular flexibility index (Phi) is 3.99. The van der Waals surface area contributed by atoms with Gasteiger partial charge in [-0.3, -0.25) is 0 Å². The van der Waals surface area contributed by atoms with Gasteiger partial charge < -0.3 is 19.4 Å². The first kappa shape index (κ1) is 13.5. The molecule has 0 aromatic carbocycles. The average molecular weight is 272 g/mol. The van der Waals surface area contributed by atoms with Crippen LogP contribution in [0.5, 0.6) is 0 Å². The second kappa shape index (κ2) is 5.34. The van der Waals surface area contributed by atoms with Crippen molar-refractivity contribution < 1.29 is 24.2 Å². The molecule has 2 rings (SSSR count). The van der Waals surface area contributed by atoms with Crippen LogP contribution in [0.1, 0.15) is 34.1 Å². The van der Waals surface area contributed by atoms with E-state index >= 15 is 0 Å². The molecule has 0 aliphatic carbocycles. The van der Waals surface area contributed by atoms with Gasteiger partial charge in [0.25, 0.3) is 0 Å². The van der Waals surface area contributed by atoms with E-state index in [1.54, 1.807) is 19.9 Å². The summed E-state index contributed by atoms with van der Waals surface area (Å²) in [6.45, 7) is 3.72. The number of rotatable bonds is 3. The van der Waals surface area contributed by atoms with Gasteiger partial charge in [-0.2, -0.15) is 0 Å². The van der Waals surface area contributed by atoms with Gasteiger partial charge in [0, 0.05) is 5.75 Å². The van der Waals surface area contributed by atoms with Crippen molar-refractivity contribution in [1.82, 2.24) is 0 Å². The molecule has 1 fully saturated rings. The lowest BCUT2D eigenvalue weighted by atomic mass is 10.1. The first-order valence-electron chi connectivity index (χ1n) is 5.79. The van der Waals surface area contributed by atoms with Gasteiger partial charge in [-0.1, -0.05) is 0 Å². The van der Waals surface area contributed by atoms with Crippen LogP contribution in [0.2, 0.25) is 0 Å². The maximum absolute atomic E-state index is 11.6. The van der Waals surface area contributed by atoms with Crippen LogP contribution in [0.15, 0.2) is 10.5 Å². The summed E-state index contributed by atoms with van der Waals surface area (Å²) in [5, 5.41) is 19.0. The summed E-state index contributed by atoms with van der Waals surface area (Å²) in [4.78, 5) is 11.6. The van der Waals surface area contributed by atoms with E-state index in [-0.39, 0.29) is 5.25 Å². The smallest absolute Gasteiger partial charge is 0.341 e. The fraction of sp³-hybridized carbons (Fsp3) is 0.583. The van der Waals surface area contributed by atoms with Gasteiger partial charge >= 0.3 is 5.97 Å². The highest BCUT2D eigenvalue weighted by molar-refractivity contribution is 7.99. The van der Waals surface area contributed by atoms with Gasteiger partial charge in [0.2, 0.25) is 0 Å². The van der Waals surface area contributed by atoms with Gasteiger partial charge in [-0.15, -0.1) is 11.8 Å². The summed E-state index contributed by atoms with van der Waals surface area (Å²) >= 11 is 1.41. The highest BCUT2D eigenvalue weighted by atomic mass is 32.2. The van der Waals surface area contributed by atoms with Crippen LogP contribution in [0.3, 0.4) is 0 Å². The Morgan fingerprint density at radius 3 is 2.89 bits per heavy atom. The highest BCUT2D eigenvalue weighted by Gasteiger charge is 2.38. The number of aliphatic hydroxyl groups is 2. The van der Waals surface area contributed by atoms with Crippen molar-refractivity contribution in [1.29, 1.82) is 0 Å². The molecule has 0 saturated carbocycles. The number of aliphatic hydroxyl groups excluding tert-OH is 2. The minimum atomic E-state index is -0.865. The molecule has 100 valence electrons. The summed E-state index contributed by atoms with van der Waals surface area (Å²) in [7, 11) is 0. The van der Waals surface area contributed by atoms with E-state index in [2.05, 4.69) is 0 Å². The molecule has 3 atom stereocenters.